The van der Waals surface area contributed by atoms with Gasteiger partial charge in [-0.25, -0.2) is 0 Å². The maximum absolute atomic E-state index is 8.88. The van der Waals surface area contributed by atoms with E-state index in [0.717, 1.165) is 5.56 Å². The zero-order valence-electron chi connectivity index (χ0n) is 7.30. The summed E-state index contributed by atoms with van der Waals surface area (Å²) in [6, 6.07) is 9.69. The molecule has 3 nitrogen and oxygen atoms in total. The largest absolute Gasteiger partial charge is 0.350 e. The molecular formula is C9H14NO2P. The van der Waals surface area contributed by atoms with Crippen LogP contribution in [0.3, 0.4) is 0 Å². The highest BCUT2D eigenvalue weighted by Gasteiger charge is 2.13. The van der Waals surface area contributed by atoms with Crippen LogP contribution in [0.5, 0.6) is 0 Å². The molecule has 0 aliphatic rings. The molecule has 72 valence electrons. The molecular weight excluding hydrogens is 185 g/mol. The fourth-order valence-corrected chi connectivity index (χ4v) is 1.99. The average Bonchev–Trinajstić information content (AvgIpc) is 2.15. The van der Waals surface area contributed by atoms with Gasteiger partial charge in [-0.15, -0.1) is 0 Å². The third-order valence-electron chi connectivity index (χ3n) is 1.94. The van der Waals surface area contributed by atoms with Gasteiger partial charge >= 0.3 is 0 Å². The second-order valence-corrected chi connectivity index (χ2v) is 4.01. The van der Waals surface area contributed by atoms with Crippen molar-refractivity contribution < 1.29 is 9.79 Å². The lowest BCUT2D eigenvalue weighted by molar-refractivity contribution is 0.476. The van der Waals surface area contributed by atoms with E-state index in [9.17, 15) is 0 Å². The van der Waals surface area contributed by atoms with Crippen LogP contribution in [0, 0.1) is 0 Å². The lowest BCUT2D eigenvalue weighted by Gasteiger charge is -2.15. The Morgan fingerprint density at radius 1 is 1.23 bits per heavy atom. The van der Waals surface area contributed by atoms with Crippen LogP contribution in [0.4, 0.5) is 0 Å². The summed E-state index contributed by atoms with van der Waals surface area (Å²) in [4.78, 5) is 17.8. The molecule has 0 bridgehead atoms. The lowest BCUT2D eigenvalue weighted by atomic mass is 10.0. The summed E-state index contributed by atoms with van der Waals surface area (Å²) in [5.41, 5.74) is 6.61. The Bertz CT molecular complexity index is 241. The molecule has 0 saturated heterocycles. The minimum atomic E-state index is -1.85. The summed E-state index contributed by atoms with van der Waals surface area (Å²) in [6.45, 7) is 0.448. The van der Waals surface area contributed by atoms with E-state index in [0.29, 0.717) is 12.7 Å². The molecule has 4 N–H and O–H groups in total. The Balaban J connectivity index is 2.67. The monoisotopic (exact) mass is 199 g/mol. The molecule has 0 saturated carbocycles. The molecule has 1 aromatic carbocycles. The third-order valence-corrected chi connectivity index (χ3v) is 2.71. The van der Waals surface area contributed by atoms with Crippen molar-refractivity contribution >= 4 is 8.38 Å². The predicted molar refractivity (Wildman–Crippen MR) is 54.5 cm³/mol. The number of hydrogen-bond acceptors (Lipinski definition) is 3. The average molecular weight is 199 g/mol. The highest BCUT2D eigenvalue weighted by Crippen LogP contribution is 2.30. The molecule has 0 aromatic heterocycles. The number of rotatable bonds is 4. The van der Waals surface area contributed by atoms with E-state index in [1.54, 1.807) is 0 Å². The maximum atomic E-state index is 8.88. The summed E-state index contributed by atoms with van der Waals surface area (Å²) >= 11 is 0. The Labute approximate surface area is 79.1 Å². The second kappa shape index (κ2) is 5.30. The number of nitrogens with two attached hydrogens (primary N) is 1. The van der Waals surface area contributed by atoms with Gasteiger partial charge in [-0.3, -0.25) is 0 Å². The van der Waals surface area contributed by atoms with Crippen LogP contribution in [0.2, 0.25) is 0 Å². The Kier molecular flexibility index (Phi) is 4.33. The standard InChI is InChI=1S/C9H14NO2P/c10-6-9(7-13(11)12)8-4-2-1-3-5-8/h1-5,9,11-12H,6-7,10H2. The third kappa shape index (κ3) is 3.41. The lowest BCUT2D eigenvalue weighted by Crippen LogP contribution is -2.15. The highest BCUT2D eigenvalue weighted by molar-refractivity contribution is 7.45. The maximum Gasteiger partial charge on any atom is 0.165 e. The van der Waals surface area contributed by atoms with Crippen LogP contribution in [0.1, 0.15) is 11.5 Å². The van der Waals surface area contributed by atoms with E-state index >= 15 is 0 Å². The minimum Gasteiger partial charge on any atom is -0.350 e. The molecule has 0 amide bonds. The Morgan fingerprint density at radius 3 is 2.31 bits per heavy atom. The van der Waals surface area contributed by atoms with Crippen molar-refractivity contribution in [3.8, 4) is 0 Å². The van der Waals surface area contributed by atoms with E-state index < -0.39 is 8.38 Å². The number of hydrogen-bond donors (Lipinski definition) is 3. The van der Waals surface area contributed by atoms with Gasteiger partial charge in [-0.2, -0.15) is 0 Å². The van der Waals surface area contributed by atoms with E-state index in [4.69, 9.17) is 15.5 Å². The van der Waals surface area contributed by atoms with E-state index in [2.05, 4.69) is 0 Å². The van der Waals surface area contributed by atoms with Gasteiger partial charge in [0.1, 0.15) is 0 Å². The molecule has 0 heterocycles. The highest BCUT2D eigenvalue weighted by atomic mass is 31.2. The molecule has 1 atom stereocenters. The normalized spacial score (nSPS) is 13.2. The predicted octanol–water partition coefficient (Wildman–Crippen LogP) is 1.03. The van der Waals surface area contributed by atoms with Crippen LogP contribution in [0.15, 0.2) is 30.3 Å². The van der Waals surface area contributed by atoms with Gasteiger partial charge in [0.15, 0.2) is 8.38 Å². The SMILES string of the molecule is NCC(CP(O)O)c1ccccc1. The first-order valence-electron chi connectivity index (χ1n) is 4.14. The summed E-state index contributed by atoms with van der Waals surface area (Å²) in [5, 5.41) is 0. The van der Waals surface area contributed by atoms with Crippen LogP contribution in [0.25, 0.3) is 0 Å². The summed E-state index contributed by atoms with van der Waals surface area (Å²) in [7, 11) is -1.85. The molecule has 0 spiro atoms. The minimum absolute atomic E-state index is 0.0577. The van der Waals surface area contributed by atoms with Crippen molar-refractivity contribution in [2.45, 2.75) is 5.92 Å². The van der Waals surface area contributed by atoms with Gasteiger partial charge in [-0.05, 0) is 12.1 Å². The van der Waals surface area contributed by atoms with Crippen LogP contribution >= 0.6 is 8.38 Å². The number of benzene rings is 1. The zero-order valence-corrected chi connectivity index (χ0v) is 8.19. The van der Waals surface area contributed by atoms with Crippen LogP contribution in [-0.4, -0.2) is 22.5 Å². The van der Waals surface area contributed by atoms with Crippen LogP contribution < -0.4 is 5.73 Å². The molecule has 0 aliphatic carbocycles. The summed E-state index contributed by atoms with van der Waals surface area (Å²) in [5.74, 6) is 0.0577. The van der Waals surface area contributed by atoms with E-state index in [-0.39, 0.29) is 5.92 Å². The second-order valence-electron chi connectivity index (χ2n) is 2.90. The Morgan fingerprint density at radius 2 is 1.85 bits per heavy atom. The molecule has 1 rings (SSSR count). The molecule has 0 fully saturated rings. The van der Waals surface area contributed by atoms with Gasteiger partial charge in [0.05, 0.1) is 0 Å². The van der Waals surface area contributed by atoms with Crippen LogP contribution in [-0.2, 0) is 0 Å². The molecule has 1 unspecified atom stereocenters. The molecule has 0 aliphatic heterocycles. The van der Waals surface area contributed by atoms with Crippen molar-refractivity contribution in [2.75, 3.05) is 12.7 Å². The van der Waals surface area contributed by atoms with Gasteiger partial charge in [0.2, 0.25) is 0 Å². The van der Waals surface area contributed by atoms with Crippen molar-refractivity contribution in [3.63, 3.8) is 0 Å². The Hall–Kier alpha value is -0.470. The van der Waals surface area contributed by atoms with Crippen molar-refractivity contribution in [2.24, 2.45) is 5.73 Å². The summed E-state index contributed by atoms with van der Waals surface area (Å²) < 4.78 is 0. The smallest absolute Gasteiger partial charge is 0.165 e. The van der Waals surface area contributed by atoms with E-state index in [1.165, 1.54) is 0 Å². The first-order valence-corrected chi connectivity index (χ1v) is 5.57. The van der Waals surface area contributed by atoms with Gasteiger partial charge < -0.3 is 15.5 Å². The molecule has 1 aromatic rings. The zero-order chi connectivity index (χ0) is 9.68. The first kappa shape index (κ1) is 10.6. The molecule has 4 heteroatoms. The quantitative estimate of drug-likeness (QED) is 0.634. The first-order chi connectivity index (χ1) is 6.24. The molecule has 0 radical (unpaired) electrons. The van der Waals surface area contributed by atoms with Crippen molar-refractivity contribution in [1.29, 1.82) is 0 Å². The van der Waals surface area contributed by atoms with Gasteiger partial charge in [0.25, 0.3) is 0 Å². The van der Waals surface area contributed by atoms with E-state index in [1.807, 2.05) is 30.3 Å². The topological polar surface area (TPSA) is 66.5 Å². The van der Waals surface area contributed by atoms with Crippen molar-refractivity contribution in [3.05, 3.63) is 35.9 Å². The fraction of sp³-hybridized carbons (Fsp3) is 0.333. The fourth-order valence-electron chi connectivity index (χ4n) is 1.24. The van der Waals surface area contributed by atoms with Gasteiger partial charge in [0, 0.05) is 12.1 Å². The molecule has 13 heavy (non-hydrogen) atoms. The van der Waals surface area contributed by atoms with Gasteiger partial charge in [-0.1, -0.05) is 30.3 Å². The van der Waals surface area contributed by atoms with Crippen molar-refractivity contribution in [1.82, 2.24) is 0 Å². The summed E-state index contributed by atoms with van der Waals surface area (Å²) in [6.07, 6.45) is 0.357.